The van der Waals surface area contributed by atoms with Crippen molar-refractivity contribution in [3.05, 3.63) is 95.2 Å². The molecule has 1 aliphatic heterocycles. The van der Waals surface area contributed by atoms with Crippen molar-refractivity contribution in [3.8, 4) is 5.75 Å². The quantitative estimate of drug-likeness (QED) is 0.277. The number of aryl methyl sites for hydroxylation is 2. The summed E-state index contributed by atoms with van der Waals surface area (Å²) in [6, 6.07) is 24.0. The van der Waals surface area contributed by atoms with Gasteiger partial charge in [0, 0.05) is 49.5 Å². The lowest BCUT2D eigenvalue weighted by atomic mass is 9.87. The van der Waals surface area contributed by atoms with Crippen LogP contribution in [0.5, 0.6) is 5.75 Å². The van der Waals surface area contributed by atoms with E-state index in [1.807, 2.05) is 6.07 Å². The number of fused-ring (bicyclic) bond motifs is 2. The summed E-state index contributed by atoms with van der Waals surface area (Å²) in [5.74, 6) is 0.894. The Morgan fingerprint density at radius 3 is 2.66 bits per heavy atom. The van der Waals surface area contributed by atoms with Gasteiger partial charge in [-0.05, 0) is 108 Å². The molecule has 0 spiro atoms. The van der Waals surface area contributed by atoms with E-state index in [0.717, 1.165) is 56.8 Å². The smallest absolute Gasteiger partial charge is 0.119 e. The van der Waals surface area contributed by atoms with Crippen LogP contribution >= 0.6 is 0 Å². The molecule has 38 heavy (non-hydrogen) atoms. The minimum Gasteiger partial charge on any atom is -0.489 e. The van der Waals surface area contributed by atoms with Gasteiger partial charge in [-0.3, -0.25) is 9.29 Å². The zero-order valence-electron chi connectivity index (χ0n) is 22.1. The van der Waals surface area contributed by atoms with E-state index in [1.165, 1.54) is 44.3 Å². The SMILES string of the molecule is Cn1ccc2cc(C3=C(c4ccc(OC5CCN(CCCF)C5)cc4)c4ccc(N)cc4CCC3)ccc21. The van der Waals surface area contributed by atoms with Gasteiger partial charge in [0.1, 0.15) is 11.9 Å². The number of nitrogen functional groups attached to an aromatic ring is 1. The number of hydrogen-bond donors (Lipinski definition) is 1. The molecule has 2 N–H and O–H groups in total. The lowest BCUT2D eigenvalue weighted by Gasteiger charge is -2.19. The normalized spacial score (nSPS) is 18.1. The third-order valence-electron chi connectivity index (χ3n) is 8.09. The first-order valence-electron chi connectivity index (χ1n) is 13.8. The van der Waals surface area contributed by atoms with Crippen LogP contribution in [0.2, 0.25) is 0 Å². The van der Waals surface area contributed by atoms with Gasteiger partial charge < -0.3 is 15.0 Å². The highest BCUT2D eigenvalue weighted by atomic mass is 19.1. The van der Waals surface area contributed by atoms with Gasteiger partial charge in [0.25, 0.3) is 0 Å². The molecule has 6 rings (SSSR count). The van der Waals surface area contributed by atoms with Gasteiger partial charge >= 0.3 is 0 Å². The summed E-state index contributed by atoms with van der Waals surface area (Å²) < 4.78 is 21.1. The third kappa shape index (κ3) is 4.95. The van der Waals surface area contributed by atoms with E-state index in [4.69, 9.17) is 10.5 Å². The van der Waals surface area contributed by atoms with E-state index in [0.29, 0.717) is 6.42 Å². The van der Waals surface area contributed by atoms with Crippen LogP contribution in [-0.2, 0) is 13.5 Å². The predicted octanol–water partition coefficient (Wildman–Crippen LogP) is 6.87. The van der Waals surface area contributed by atoms with Crippen molar-refractivity contribution in [1.82, 2.24) is 9.47 Å². The number of alkyl halides is 1. The fraction of sp³-hybridized carbons (Fsp3) is 0.333. The fourth-order valence-electron chi connectivity index (χ4n) is 6.17. The van der Waals surface area contributed by atoms with E-state index >= 15 is 0 Å². The lowest BCUT2D eigenvalue weighted by Crippen LogP contribution is -2.26. The summed E-state index contributed by atoms with van der Waals surface area (Å²) in [5, 5.41) is 1.26. The van der Waals surface area contributed by atoms with Crippen molar-refractivity contribution in [3.63, 3.8) is 0 Å². The van der Waals surface area contributed by atoms with Crippen LogP contribution in [-0.4, -0.2) is 41.9 Å². The average molecular weight is 510 g/mol. The lowest BCUT2D eigenvalue weighted by molar-refractivity contribution is 0.198. The first kappa shape index (κ1) is 24.7. The largest absolute Gasteiger partial charge is 0.489 e. The molecule has 3 aromatic carbocycles. The Kier molecular flexibility index (Phi) is 6.94. The molecule has 2 aliphatic rings. The van der Waals surface area contributed by atoms with Gasteiger partial charge in [0.15, 0.2) is 0 Å². The molecule has 1 fully saturated rings. The van der Waals surface area contributed by atoms with Gasteiger partial charge in [-0.1, -0.05) is 24.3 Å². The number of hydrogen-bond acceptors (Lipinski definition) is 3. The van der Waals surface area contributed by atoms with Crippen molar-refractivity contribution in [2.24, 2.45) is 7.05 Å². The molecular weight excluding hydrogens is 473 g/mol. The van der Waals surface area contributed by atoms with E-state index in [2.05, 4.69) is 83.4 Å². The van der Waals surface area contributed by atoms with Gasteiger partial charge in [-0.15, -0.1) is 0 Å². The number of ether oxygens (including phenoxy) is 1. The van der Waals surface area contributed by atoms with Crippen LogP contribution in [0.4, 0.5) is 10.1 Å². The maximum absolute atomic E-state index is 12.6. The summed E-state index contributed by atoms with van der Waals surface area (Å²) in [6.07, 6.45) is 6.99. The molecule has 1 unspecified atom stereocenters. The maximum atomic E-state index is 12.6. The Labute approximate surface area is 224 Å². The molecule has 4 aromatic rings. The molecular formula is C33H36FN3O. The molecule has 2 heterocycles. The van der Waals surface area contributed by atoms with E-state index in [9.17, 15) is 4.39 Å². The summed E-state index contributed by atoms with van der Waals surface area (Å²) in [5.41, 5.74) is 16.0. The second-order valence-electron chi connectivity index (χ2n) is 10.7. The van der Waals surface area contributed by atoms with Crippen molar-refractivity contribution in [2.45, 2.75) is 38.2 Å². The molecule has 5 heteroatoms. The molecule has 0 saturated carbocycles. The van der Waals surface area contributed by atoms with Gasteiger partial charge in [-0.25, -0.2) is 0 Å². The highest BCUT2D eigenvalue weighted by Crippen LogP contribution is 2.41. The summed E-state index contributed by atoms with van der Waals surface area (Å²) in [6.45, 7) is 2.40. The van der Waals surface area contributed by atoms with Gasteiger partial charge in [-0.2, -0.15) is 0 Å². The monoisotopic (exact) mass is 509 g/mol. The first-order chi connectivity index (χ1) is 18.6. The Bertz CT molecular complexity index is 1470. The molecule has 196 valence electrons. The molecule has 1 saturated heterocycles. The zero-order chi connectivity index (χ0) is 26.1. The Hall–Kier alpha value is -3.57. The number of likely N-dealkylation sites (tertiary alicyclic amines) is 1. The van der Waals surface area contributed by atoms with Crippen LogP contribution in [0.15, 0.2) is 72.9 Å². The highest BCUT2D eigenvalue weighted by Gasteiger charge is 2.24. The molecule has 1 atom stereocenters. The van der Waals surface area contributed by atoms with E-state index in [-0.39, 0.29) is 12.8 Å². The van der Waals surface area contributed by atoms with E-state index < -0.39 is 0 Å². The minimum atomic E-state index is -0.254. The number of nitrogens with zero attached hydrogens (tertiary/aromatic N) is 2. The Balaban J connectivity index is 1.36. The first-order valence-corrected chi connectivity index (χ1v) is 13.8. The number of halogens is 1. The topological polar surface area (TPSA) is 43.4 Å². The minimum absolute atomic E-state index is 0.161. The van der Waals surface area contributed by atoms with Crippen LogP contribution in [0, 0.1) is 0 Å². The standard InChI is InChI=1S/C33H36FN3O/c1-36-18-14-26-20-25(8-13-32(26)36)30-5-2-4-24-21-27(35)9-12-31(24)33(30)23-6-10-28(11-7-23)38-29-15-19-37(22-29)17-3-16-34/h6-14,18,20-21,29H,2-5,15-17,19,22,35H2,1H3. The summed E-state index contributed by atoms with van der Waals surface area (Å²) in [7, 11) is 2.09. The van der Waals surface area contributed by atoms with Gasteiger partial charge in [0.2, 0.25) is 0 Å². The average Bonchev–Trinajstić information content (AvgIpc) is 3.48. The molecule has 4 nitrogen and oxygen atoms in total. The van der Waals surface area contributed by atoms with Crippen molar-refractivity contribution in [1.29, 1.82) is 0 Å². The Morgan fingerprint density at radius 1 is 0.974 bits per heavy atom. The number of aromatic nitrogens is 1. The summed E-state index contributed by atoms with van der Waals surface area (Å²) in [4.78, 5) is 2.30. The van der Waals surface area contributed by atoms with Crippen molar-refractivity contribution in [2.75, 3.05) is 32.0 Å². The van der Waals surface area contributed by atoms with Crippen LogP contribution in [0.3, 0.4) is 0 Å². The maximum Gasteiger partial charge on any atom is 0.119 e. The fourth-order valence-corrected chi connectivity index (χ4v) is 6.17. The van der Waals surface area contributed by atoms with Crippen LogP contribution in [0.1, 0.15) is 47.9 Å². The zero-order valence-corrected chi connectivity index (χ0v) is 22.1. The number of anilines is 1. The number of allylic oxidation sites excluding steroid dienone is 1. The van der Waals surface area contributed by atoms with Crippen molar-refractivity contribution < 1.29 is 9.13 Å². The molecule has 1 aromatic heterocycles. The molecule has 0 radical (unpaired) electrons. The van der Waals surface area contributed by atoms with Crippen molar-refractivity contribution >= 4 is 27.7 Å². The third-order valence-corrected chi connectivity index (χ3v) is 8.09. The van der Waals surface area contributed by atoms with Crippen LogP contribution < -0.4 is 10.5 Å². The van der Waals surface area contributed by atoms with Crippen LogP contribution in [0.25, 0.3) is 22.0 Å². The Morgan fingerprint density at radius 2 is 1.82 bits per heavy atom. The molecule has 0 bridgehead atoms. The number of benzene rings is 3. The van der Waals surface area contributed by atoms with E-state index in [1.54, 1.807) is 0 Å². The van der Waals surface area contributed by atoms with Gasteiger partial charge in [0.05, 0.1) is 6.67 Å². The summed E-state index contributed by atoms with van der Waals surface area (Å²) >= 11 is 0. The second kappa shape index (κ2) is 10.7. The molecule has 0 amide bonds. The predicted molar refractivity (Wildman–Crippen MR) is 155 cm³/mol. The second-order valence-corrected chi connectivity index (χ2v) is 10.7. The molecule has 1 aliphatic carbocycles. The highest BCUT2D eigenvalue weighted by molar-refractivity contribution is 6.01. The number of nitrogens with two attached hydrogens (primary N) is 1. The number of rotatable bonds is 7.